The predicted molar refractivity (Wildman–Crippen MR) is 79.5 cm³/mol. The van der Waals surface area contributed by atoms with Crippen molar-refractivity contribution in [2.24, 2.45) is 29.4 Å². The van der Waals surface area contributed by atoms with Gasteiger partial charge in [-0.15, -0.1) is 6.42 Å². The van der Waals surface area contributed by atoms with Gasteiger partial charge in [0.1, 0.15) is 0 Å². The highest BCUT2D eigenvalue weighted by Crippen LogP contribution is 2.58. The van der Waals surface area contributed by atoms with Gasteiger partial charge in [0.25, 0.3) is 0 Å². The van der Waals surface area contributed by atoms with Gasteiger partial charge in [-0.1, -0.05) is 19.3 Å². The summed E-state index contributed by atoms with van der Waals surface area (Å²) in [7, 11) is 0. The van der Waals surface area contributed by atoms with E-state index in [1.807, 2.05) is 0 Å². The average Bonchev–Trinajstić information content (AvgIpc) is 2.41. The van der Waals surface area contributed by atoms with Crippen LogP contribution in [0, 0.1) is 36.0 Å². The van der Waals surface area contributed by atoms with E-state index >= 15 is 0 Å². The first-order chi connectivity index (χ1) is 9.21. The number of hydrogen-bond acceptors (Lipinski definition) is 2. The maximum atomic E-state index is 6.26. The van der Waals surface area contributed by atoms with Crippen molar-refractivity contribution in [3.8, 4) is 12.3 Å². The summed E-state index contributed by atoms with van der Waals surface area (Å²) in [6, 6.07) is 0.214. The Bertz CT molecular complexity index is 340. The molecule has 4 saturated carbocycles. The Labute approximate surface area is 117 Å². The van der Waals surface area contributed by atoms with Gasteiger partial charge in [-0.3, -0.25) is 5.32 Å². The molecule has 1 unspecified atom stereocenters. The molecule has 4 bridgehead atoms. The largest absolute Gasteiger partial charge is 0.329 e. The van der Waals surface area contributed by atoms with E-state index in [0.29, 0.717) is 0 Å². The Kier molecular flexibility index (Phi) is 3.62. The zero-order valence-corrected chi connectivity index (χ0v) is 12.2. The summed E-state index contributed by atoms with van der Waals surface area (Å²) >= 11 is 0. The highest BCUT2D eigenvalue weighted by Gasteiger charge is 2.56. The quantitative estimate of drug-likeness (QED) is 0.746. The summed E-state index contributed by atoms with van der Waals surface area (Å²) in [4.78, 5) is 0. The highest BCUT2D eigenvalue weighted by molar-refractivity contribution is 5.15. The van der Waals surface area contributed by atoms with Crippen LogP contribution in [0.15, 0.2) is 0 Å². The lowest BCUT2D eigenvalue weighted by molar-refractivity contribution is -0.0719. The number of terminal acetylenes is 1. The molecule has 2 heteroatoms. The van der Waals surface area contributed by atoms with Crippen molar-refractivity contribution in [2.75, 3.05) is 6.54 Å². The number of rotatable bonds is 5. The van der Waals surface area contributed by atoms with Crippen molar-refractivity contribution in [3.05, 3.63) is 0 Å². The van der Waals surface area contributed by atoms with E-state index in [2.05, 4.69) is 18.2 Å². The SMILES string of the molecule is C#CC(CCC)NC1(CN)C2CC3CC(C2)CC1C3. The van der Waals surface area contributed by atoms with Crippen molar-refractivity contribution in [2.45, 2.75) is 63.5 Å². The Morgan fingerprint density at radius 1 is 1.21 bits per heavy atom. The van der Waals surface area contributed by atoms with E-state index in [1.165, 1.54) is 32.1 Å². The molecule has 0 aromatic rings. The molecule has 0 amide bonds. The monoisotopic (exact) mass is 260 g/mol. The van der Waals surface area contributed by atoms with E-state index < -0.39 is 0 Å². The lowest BCUT2D eigenvalue weighted by Gasteiger charge is -2.62. The molecular weight excluding hydrogens is 232 g/mol. The molecule has 1 atom stereocenters. The topological polar surface area (TPSA) is 38.0 Å². The van der Waals surface area contributed by atoms with Gasteiger partial charge in [0.2, 0.25) is 0 Å². The van der Waals surface area contributed by atoms with Crippen molar-refractivity contribution in [1.29, 1.82) is 0 Å². The third-order valence-electron chi connectivity index (χ3n) is 6.15. The fraction of sp³-hybridized carbons (Fsp3) is 0.882. The minimum absolute atomic E-state index is 0.152. The molecule has 0 heterocycles. The van der Waals surface area contributed by atoms with E-state index in [9.17, 15) is 0 Å². The molecule has 2 nitrogen and oxygen atoms in total. The molecular formula is C17H28N2. The van der Waals surface area contributed by atoms with Gasteiger partial charge in [0.15, 0.2) is 0 Å². The molecule has 0 radical (unpaired) electrons. The van der Waals surface area contributed by atoms with E-state index in [-0.39, 0.29) is 11.6 Å². The van der Waals surface area contributed by atoms with Crippen LogP contribution in [-0.4, -0.2) is 18.1 Å². The van der Waals surface area contributed by atoms with E-state index in [0.717, 1.165) is 43.1 Å². The summed E-state index contributed by atoms with van der Waals surface area (Å²) in [5.41, 5.74) is 6.41. The second-order valence-electron chi connectivity index (χ2n) is 7.20. The fourth-order valence-corrected chi connectivity index (χ4v) is 5.46. The van der Waals surface area contributed by atoms with Crippen LogP contribution in [0.1, 0.15) is 51.9 Å². The third-order valence-corrected chi connectivity index (χ3v) is 6.15. The smallest absolute Gasteiger partial charge is 0.0691 e. The van der Waals surface area contributed by atoms with Gasteiger partial charge in [-0.2, -0.15) is 0 Å². The molecule has 4 rings (SSSR count). The average molecular weight is 260 g/mol. The van der Waals surface area contributed by atoms with Crippen LogP contribution in [0.3, 0.4) is 0 Å². The van der Waals surface area contributed by atoms with Crippen LogP contribution in [0.25, 0.3) is 0 Å². The third kappa shape index (κ3) is 2.12. The Morgan fingerprint density at radius 2 is 1.79 bits per heavy atom. The molecule has 0 spiro atoms. The van der Waals surface area contributed by atoms with Crippen molar-refractivity contribution >= 4 is 0 Å². The molecule has 106 valence electrons. The summed E-state index contributed by atoms with van der Waals surface area (Å²) < 4.78 is 0. The first-order valence-corrected chi connectivity index (χ1v) is 8.15. The molecule has 4 fully saturated rings. The minimum Gasteiger partial charge on any atom is -0.329 e. The second kappa shape index (κ2) is 5.11. The summed E-state index contributed by atoms with van der Waals surface area (Å²) in [5, 5.41) is 3.85. The van der Waals surface area contributed by atoms with Gasteiger partial charge in [0.05, 0.1) is 6.04 Å². The molecule has 0 aliphatic heterocycles. The fourth-order valence-electron chi connectivity index (χ4n) is 5.46. The Morgan fingerprint density at radius 3 is 2.21 bits per heavy atom. The van der Waals surface area contributed by atoms with E-state index in [4.69, 9.17) is 12.2 Å². The van der Waals surface area contributed by atoms with Crippen LogP contribution in [0.5, 0.6) is 0 Å². The number of nitrogens with one attached hydrogen (secondary N) is 1. The number of hydrogen-bond donors (Lipinski definition) is 2. The Hall–Kier alpha value is -0.520. The van der Waals surface area contributed by atoms with Crippen molar-refractivity contribution in [3.63, 3.8) is 0 Å². The highest BCUT2D eigenvalue weighted by atomic mass is 15.1. The maximum absolute atomic E-state index is 6.26. The molecule has 4 aliphatic carbocycles. The summed E-state index contributed by atoms with van der Waals surface area (Å²) in [6.07, 6.45) is 15.0. The van der Waals surface area contributed by atoms with Crippen LogP contribution < -0.4 is 11.1 Å². The van der Waals surface area contributed by atoms with Crippen molar-refractivity contribution < 1.29 is 0 Å². The Balaban J connectivity index is 1.81. The zero-order chi connectivity index (χ0) is 13.5. The maximum Gasteiger partial charge on any atom is 0.0691 e. The minimum atomic E-state index is 0.152. The van der Waals surface area contributed by atoms with Gasteiger partial charge >= 0.3 is 0 Å². The second-order valence-corrected chi connectivity index (χ2v) is 7.20. The number of nitrogens with two attached hydrogens (primary N) is 1. The lowest BCUT2D eigenvalue weighted by Crippen LogP contribution is -2.69. The van der Waals surface area contributed by atoms with Crippen molar-refractivity contribution in [1.82, 2.24) is 5.32 Å². The van der Waals surface area contributed by atoms with Crippen LogP contribution >= 0.6 is 0 Å². The summed E-state index contributed by atoms with van der Waals surface area (Å²) in [5.74, 6) is 6.48. The molecule has 0 aromatic carbocycles. The van der Waals surface area contributed by atoms with Crippen LogP contribution in [-0.2, 0) is 0 Å². The molecule has 3 N–H and O–H groups in total. The molecule has 0 saturated heterocycles. The molecule has 4 aliphatic rings. The normalized spacial score (nSPS) is 45.1. The van der Waals surface area contributed by atoms with Gasteiger partial charge < -0.3 is 5.73 Å². The van der Waals surface area contributed by atoms with Gasteiger partial charge in [-0.05, 0) is 62.2 Å². The van der Waals surface area contributed by atoms with E-state index in [1.54, 1.807) is 0 Å². The van der Waals surface area contributed by atoms with Crippen LogP contribution in [0.2, 0.25) is 0 Å². The zero-order valence-electron chi connectivity index (χ0n) is 12.2. The standard InChI is InChI=1S/C17H28N2/c1-3-5-16(4-2)19-17(11-18)14-7-12-6-13(9-14)10-15(17)8-12/h2,12-16,19H,3,5-11,18H2,1H3. The van der Waals surface area contributed by atoms with Crippen LogP contribution in [0.4, 0.5) is 0 Å². The van der Waals surface area contributed by atoms with Gasteiger partial charge in [0, 0.05) is 12.1 Å². The molecule has 0 aromatic heterocycles. The lowest BCUT2D eigenvalue weighted by atomic mass is 9.48. The summed E-state index contributed by atoms with van der Waals surface area (Å²) in [6.45, 7) is 2.97. The predicted octanol–water partition coefficient (Wildman–Crippen LogP) is 2.53. The van der Waals surface area contributed by atoms with Gasteiger partial charge in [-0.25, -0.2) is 0 Å². The first kappa shape index (κ1) is 13.5. The molecule has 19 heavy (non-hydrogen) atoms. The first-order valence-electron chi connectivity index (χ1n) is 8.15.